The summed E-state index contributed by atoms with van der Waals surface area (Å²) in [6, 6.07) is 3.11. The lowest BCUT2D eigenvalue weighted by Gasteiger charge is -2.19. The smallest absolute Gasteiger partial charge is 0.240 e. The number of halogens is 1. The van der Waals surface area contributed by atoms with Crippen LogP contribution < -0.4 is 15.8 Å². The Kier molecular flexibility index (Phi) is 5.15. The SMILES string of the molecule is CC(=O)Nc1cc(S(=O)(=O)NC2CCCC2CN)ccc1F. The normalized spacial score (nSPS) is 21.8. The van der Waals surface area contributed by atoms with E-state index in [0.717, 1.165) is 31.4 Å². The van der Waals surface area contributed by atoms with Crippen LogP contribution in [0, 0.1) is 11.7 Å². The summed E-state index contributed by atoms with van der Waals surface area (Å²) < 4.78 is 41.0. The quantitative estimate of drug-likeness (QED) is 0.755. The van der Waals surface area contributed by atoms with E-state index in [1.54, 1.807) is 0 Å². The van der Waals surface area contributed by atoms with Gasteiger partial charge in [0.1, 0.15) is 5.82 Å². The molecule has 1 aromatic carbocycles. The van der Waals surface area contributed by atoms with E-state index in [9.17, 15) is 17.6 Å². The molecule has 22 heavy (non-hydrogen) atoms. The molecule has 0 aromatic heterocycles. The number of anilines is 1. The van der Waals surface area contributed by atoms with Crippen molar-refractivity contribution in [2.45, 2.75) is 37.1 Å². The highest BCUT2D eigenvalue weighted by Crippen LogP contribution is 2.27. The first kappa shape index (κ1) is 16.9. The predicted molar refractivity (Wildman–Crippen MR) is 81.2 cm³/mol. The second kappa shape index (κ2) is 6.72. The molecule has 122 valence electrons. The van der Waals surface area contributed by atoms with Crippen LogP contribution in [0.15, 0.2) is 23.1 Å². The van der Waals surface area contributed by atoms with Gasteiger partial charge < -0.3 is 11.1 Å². The Bertz CT molecular complexity index is 663. The minimum atomic E-state index is -3.79. The van der Waals surface area contributed by atoms with E-state index < -0.39 is 21.7 Å². The van der Waals surface area contributed by atoms with Crippen LogP contribution in [0.2, 0.25) is 0 Å². The van der Waals surface area contributed by atoms with Gasteiger partial charge in [0, 0.05) is 13.0 Å². The number of rotatable bonds is 5. The highest BCUT2D eigenvalue weighted by Gasteiger charge is 2.30. The third-order valence-electron chi connectivity index (χ3n) is 3.83. The largest absolute Gasteiger partial charge is 0.330 e. The second-order valence-electron chi connectivity index (χ2n) is 5.48. The van der Waals surface area contributed by atoms with Crippen LogP contribution in [0.4, 0.5) is 10.1 Å². The molecule has 0 aliphatic heterocycles. The van der Waals surface area contributed by atoms with Crippen LogP contribution in [0.5, 0.6) is 0 Å². The fraction of sp³-hybridized carbons (Fsp3) is 0.500. The van der Waals surface area contributed by atoms with E-state index in [-0.39, 0.29) is 22.5 Å². The first-order valence-electron chi connectivity index (χ1n) is 7.13. The van der Waals surface area contributed by atoms with Crippen molar-refractivity contribution in [3.63, 3.8) is 0 Å². The Balaban J connectivity index is 2.24. The zero-order chi connectivity index (χ0) is 16.3. The molecule has 2 unspecified atom stereocenters. The molecular formula is C14H20FN3O3S. The third-order valence-corrected chi connectivity index (χ3v) is 5.31. The average Bonchev–Trinajstić information content (AvgIpc) is 2.87. The molecular weight excluding hydrogens is 309 g/mol. The Morgan fingerprint density at radius 1 is 1.41 bits per heavy atom. The third kappa shape index (κ3) is 3.82. The van der Waals surface area contributed by atoms with E-state index in [0.29, 0.717) is 6.54 Å². The number of hydrogen-bond acceptors (Lipinski definition) is 4. The minimum Gasteiger partial charge on any atom is -0.330 e. The number of amides is 1. The van der Waals surface area contributed by atoms with Crippen LogP contribution in [-0.2, 0) is 14.8 Å². The molecule has 1 aliphatic rings. The Morgan fingerprint density at radius 3 is 2.77 bits per heavy atom. The fourth-order valence-corrected chi connectivity index (χ4v) is 4.06. The molecule has 0 saturated heterocycles. The molecule has 1 fully saturated rings. The molecule has 8 heteroatoms. The van der Waals surface area contributed by atoms with Crippen molar-refractivity contribution in [1.29, 1.82) is 0 Å². The molecule has 0 spiro atoms. The molecule has 4 N–H and O–H groups in total. The van der Waals surface area contributed by atoms with Crippen LogP contribution in [0.3, 0.4) is 0 Å². The summed E-state index contributed by atoms with van der Waals surface area (Å²) in [6.45, 7) is 1.65. The van der Waals surface area contributed by atoms with Crippen molar-refractivity contribution in [3.05, 3.63) is 24.0 Å². The predicted octanol–water partition coefficient (Wildman–Crippen LogP) is 1.19. The summed E-state index contributed by atoms with van der Waals surface area (Å²) in [7, 11) is -3.79. The van der Waals surface area contributed by atoms with Crippen LogP contribution in [0.1, 0.15) is 26.2 Å². The van der Waals surface area contributed by atoms with Crippen molar-refractivity contribution in [2.75, 3.05) is 11.9 Å². The number of hydrogen-bond donors (Lipinski definition) is 3. The van der Waals surface area contributed by atoms with Gasteiger partial charge >= 0.3 is 0 Å². The van der Waals surface area contributed by atoms with Crippen molar-refractivity contribution >= 4 is 21.6 Å². The lowest BCUT2D eigenvalue weighted by Crippen LogP contribution is -2.39. The summed E-state index contributed by atoms with van der Waals surface area (Å²) in [5.41, 5.74) is 5.49. The van der Waals surface area contributed by atoms with E-state index in [2.05, 4.69) is 10.0 Å². The summed E-state index contributed by atoms with van der Waals surface area (Å²) >= 11 is 0. The van der Waals surface area contributed by atoms with E-state index >= 15 is 0 Å². The number of benzene rings is 1. The fourth-order valence-electron chi connectivity index (χ4n) is 2.70. The standard InChI is InChI=1S/C14H20FN3O3S/c1-9(19)17-14-7-11(5-6-12(14)15)22(20,21)18-13-4-2-3-10(13)8-16/h5-7,10,13,18H,2-4,8,16H2,1H3,(H,17,19). The van der Waals surface area contributed by atoms with Gasteiger partial charge in [-0.15, -0.1) is 0 Å². The summed E-state index contributed by atoms with van der Waals surface area (Å²) in [6.07, 6.45) is 2.56. The van der Waals surface area contributed by atoms with Gasteiger partial charge in [0.25, 0.3) is 0 Å². The van der Waals surface area contributed by atoms with Gasteiger partial charge in [0.2, 0.25) is 15.9 Å². The molecule has 0 bridgehead atoms. The maximum Gasteiger partial charge on any atom is 0.240 e. The number of carbonyl (C=O) groups is 1. The molecule has 1 amide bonds. The highest BCUT2D eigenvalue weighted by molar-refractivity contribution is 7.89. The van der Waals surface area contributed by atoms with Gasteiger partial charge in [-0.05, 0) is 43.5 Å². The van der Waals surface area contributed by atoms with Gasteiger partial charge in [-0.1, -0.05) is 6.42 Å². The zero-order valence-corrected chi connectivity index (χ0v) is 13.1. The molecule has 1 aliphatic carbocycles. The molecule has 2 atom stereocenters. The monoisotopic (exact) mass is 329 g/mol. The van der Waals surface area contributed by atoms with Crippen LogP contribution in [-0.4, -0.2) is 26.9 Å². The summed E-state index contributed by atoms with van der Waals surface area (Å²) in [5.74, 6) is -1.04. The van der Waals surface area contributed by atoms with E-state index in [4.69, 9.17) is 5.73 Å². The van der Waals surface area contributed by atoms with Crippen LogP contribution in [0.25, 0.3) is 0 Å². The molecule has 1 aromatic rings. The molecule has 0 heterocycles. The minimum absolute atomic E-state index is 0.0830. The topological polar surface area (TPSA) is 101 Å². The molecule has 0 radical (unpaired) electrons. The Hall–Kier alpha value is -1.51. The van der Waals surface area contributed by atoms with Gasteiger partial charge in [0.05, 0.1) is 10.6 Å². The first-order chi connectivity index (χ1) is 10.3. The summed E-state index contributed by atoms with van der Waals surface area (Å²) in [5, 5.41) is 2.27. The summed E-state index contributed by atoms with van der Waals surface area (Å²) in [4.78, 5) is 10.9. The van der Waals surface area contributed by atoms with E-state index in [1.807, 2.05) is 0 Å². The van der Waals surface area contributed by atoms with Crippen molar-refractivity contribution in [2.24, 2.45) is 11.7 Å². The van der Waals surface area contributed by atoms with E-state index in [1.165, 1.54) is 13.0 Å². The average molecular weight is 329 g/mol. The highest BCUT2D eigenvalue weighted by atomic mass is 32.2. The molecule has 2 rings (SSSR count). The lowest BCUT2D eigenvalue weighted by molar-refractivity contribution is -0.114. The number of carbonyl (C=O) groups excluding carboxylic acids is 1. The maximum atomic E-state index is 13.6. The van der Waals surface area contributed by atoms with Crippen molar-refractivity contribution in [3.8, 4) is 0 Å². The number of nitrogens with one attached hydrogen (secondary N) is 2. The van der Waals surface area contributed by atoms with Crippen molar-refractivity contribution in [1.82, 2.24) is 4.72 Å². The van der Waals surface area contributed by atoms with Gasteiger partial charge in [-0.25, -0.2) is 17.5 Å². The maximum absolute atomic E-state index is 13.6. The van der Waals surface area contributed by atoms with Crippen molar-refractivity contribution < 1.29 is 17.6 Å². The molecule has 6 nitrogen and oxygen atoms in total. The number of sulfonamides is 1. The molecule has 1 saturated carbocycles. The lowest BCUT2D eigenvalue weighted by atomic mass is 10.1. The Labute approximate surface area is 129 Å². The van der Waals surface area contributed by atoms with Gasteiger partial charge in [-0.3, -0.25) is 4.79 Å². The zero-order valence-electron chi connectivity index (χ0n) is 12.3. The number of nitrogens with two attached hydrogens (primary N) is 1. The first-order valence-corrected chi connectivity index (χ1v) is 8.61. The Morgan fingerprint density at radius 2 is 2.14 bits per heavy atom. The van der Waals surface area contributed by atoms with Gasteiger partial charge in [0.15, 0.2) is 0 Å². The van der Waals surface area contributed by atoms with Gasteiger partial charge in [-0.2, -0.15) is 0 Å². The second-order valence-corrected chi connectivity index (χ2v) is 7.19. The van der Waals surface area contributed by atoms with Crippen LogP contribution >= 0.6 is 0 Å².